The second kappa shape index (κ2) is 14.0. The predicted molar refractivity (Wildman–Crippen MR) is 75.3 cm³/mol. The van der Waals surface area contributed by atoms with Gasteiger partial charge in [0, 0.05) is 12.3 Å². The molecule has 0 fully saturated rings. The molecule has 0 aliphatic heterocycles. The molecule has 0 amide bonds. The molecule has 0 unspecified atom stereocenters. The number of halogens is 14. The molecule has 0 aromatic carbocycles. The van der Waals surface area contributed by atoms with Crippen molar-refractivity contribution in [3.8, 4) is 0 Å². The van der Waals surface area contributed by atoms with E-state index in [0.717, 1.165) is 0 Å². The van der Waals surface area contributed by atoms with Crippen LogP contribution < -0.4 is 0 Å². The molecule has 0 saturated carbocycles. The molecule has 0 aromatic heterocycles. The Morgan fingerprint density at radius 1 is 0.467 bits per heavy atom. The van der Waals surface area contributed by atoms with Crippen molar-refractivity contribution >= 4 is 0 Å². The molecule has 0 radical (unpaired) electrons. The Balaban J connectivity index is -0.000000167. The minimum atomic E-state index is -5.93. The van der Waals surface area contributed by atoms with Crippen molar-refractivity contribution < 1.29 is 88.3 Å². The van der Waals surface area contributed by atoms with E-state index in [1.807, 2.05) is 0 Å². The fraction of sp³-hybridized carbons (Fsp3) is 0.857. The van der Waals surface area contributed by atoms with E-state index in [9.17, 15) is 61.5 Å². The van der Waals surface area contributed by atoms with Gasteiger partial charge in [0.05, 0.1) is 26.2 Å². The number of hydrogen-bond donors (Lipinski definition) is 0. The third-order valence-corrected chi connectivity index (χ3v) is 3.68. The van der Waals surface area contributed by atoms with Crippen molar-refractivity contribution in [1.29, 1.82) is 0 Å². The van der Waals surface area contributed by atoms with E-state index in [1.165, 1.54) is 30.7 Å². The van der Waals surface area contributed by atoms with Crippen LogP contribution >= 0.6 is 0 Å². The Morgan fingerprint density at radius 3 is 0.600 bits per heavy atom. The van der Waals surface area contributed by atoms with Crippen LogP contribution in [-0.4, -0.2) is 55.4 Å². The average Bonchev–Trinajstić information content (AvgIpc) is 2.54. The van der Waals surface area contributed by atoms with Gasteiger partial charge in [0.1, 0.15) is 0 Å². The van der Waals surface area contributed by atoms with Gasteiger partial charge >= 0.3 is 47.1 Å². The summed E-state index contributed by atoms with van der Waals surface area (Å²) in [5.74, 6) is 0. The molecule has 0 aliphatic rings. The van der Waals surface area contributed by atoms with Gasteiger partial charge in [-0.1, -0.05) is 0 Å². The van der Waals surface area contributed by atoms with Gasteiger partial charge < -0.3 is 13.3 Å². The number of alkyl halides is 12. The Bertz CT molecular complexity index is 347. The van der Waals surface area contributed by atoms with Crippen LogP contribution in [0.3, 0.4) is 0 Å². The summed E-state index contributed by atoms with van der Waals surface area (Å²) in [7, 11) is 0. The van der Waals surface area contributed by atoms with Gasteiger partial charge in [-0.15, -0.1) is 0 Å². The van der Waals surface area contributed by atoms with E-state index in [4.69, 9.17) is 0 Å². The first-order valence-electron chi connectivity index (χ1n) is 7.74. The second-order valence-corrected chi connectivity index (χ2v) is 5.23. The molecule has 0 saturated heterocycles. The molecule has 0 rings (SSSR count). The van der Waals surface area contributed by atoms with Gasteiger partial charge in [-0.2, -0.15) is 0 Å². The summed E-state index contributed by atoms with van der Waals surface area (Å²) in [5.41, 5.74) is 0. The van der Waals surface area contributed by atoms with Gasteiger partial charge in [0.15, 0.2) is 0 Å². The van der Waals surface area contributed by atoms with Crippen LogP contribution in [0, 0.1) is 12.3 Å². The summed E-state index contributed by atoms with van der Waals surface area (Å²) in [4.78, 5) is 0. The summed E-state index contributed by atoms with van der Waals surface area (Å²) >= 11 is 0. The van der Waals surface area contributed by atoms with Gasteiger partial charge in [-0.25, -0.2) is 52.7 Å². The van der Waals surface area contributed by atoms with Gasteiger partial charge in [-0.3, -0.25) is 0 Å². The minimum absolute atomic E-state index is 0. The molecule has 1 nitrogen and oxygen atoms in total. The minimum Gasteiger partial charge on any atom is -0.438 e. The number of hydrogen-bond acceptors (Lipinski definition) is 0. The summed E-state index contributed by atoms with van der Waals surface area (Å²) < 4.78 is 153. The van der Waals surface area contributed by atoms with Crippen molar-refractivity contribution in [2.24, 2.45) is 0 Å². The largest absolute Gasteiger partial charge is 1.00 e. The maximum atomic E-state index is 11.1. The number of rotatable bonds is 4. The zero-order valence-corrected chi connectivity index (χ0v) is 17.4. The Hall–Kier alpha value is -0.280. The fourth-order valence-electron chi connectivity index (χ4n) is 1.66. The monoisotopic (exact) mass is 575 g/mol. The molecule has 0 aromatic rings. The topological polar surface area (TPSA) is 0 Å². The molecule has 190 valence electrons. The first-order valence-corrected chi connectivity index (χ1v) is 7.74. The Labute approximate surface area is 179 Å². The van der Waals surface area contributed by atoms with E-state index < -0.39 is 37.0 Å². The number of quaternary nitrogens is 1. The fourth-order valence-corrected chi connectivity index (χ4v) is 1.66. The van der Waals surface area contributed by atoms with E-state index in [0.29, 0.717) is 0 Å². The third-order valence-electron chi connectivity index (χ3n) is 3.68. The van der Waals surface area contributed by atoms with Crippen molar-refractivity contribution in [2.45, 2.75) is 52.4 Å². The second-order valence-electron chi connectivity index (χ2n) is 5.23. The maximum absolute atomic E-state index is 11.1. The molecule has 30 heavy (non-hydrogen) atoms. The quantitative estimate of drug-likeness (QED) is 0.145. The third kappa shape index (κ3) is 15.5. The zero-order valence-electron chi connectivity index (χ0n) is 15.9. The first kappa shape index (κ1) is 37.1. The molecule has 0 spiro atoms. The molecular formula is C14H20AgF14N. The van der Waals surface area contributed by atoms with Crippen LogP contribution in [0.2, 0.25) is 0 Å². The summed E-state index contributed by atoms with van der Waals surface area (Å²) in [6.07, 6.45) is -31.6. The van der Waals surface area contributed by atoms with Crippen LogP contribution in [0.15, 0.2) is 0 Å². The van der Waals surface area contributed by atoms with Crippen molar-refractivity contribution in [3.05, 3.63) is 12.3 Å². The Kier molecular flexibility index (Phi) is 17.3. The number of nitrogens with zero attached hydrogens (tertiary/aromatic N) is 1. The van der Waals surface area contributed by atoms with Crippen LogP contribution in [0.4, 0.5) is 61.5 Å². The van der Waals surface area contributed by atoms with Crippen LogP contribution in [-0.2, 0) is 22.4 Å². The van der Waals surface area contributed by atoms with E-state index in [2.05, 4.69) is 27.7 Å². The zero-order chi connectivity index (χ0) is 24.5. The SMILES string of the molecule is CC[N+](CC)(CC)CC.F[C-](C(F)(F)F)C(F)(F)F.F[C-](C(F)(F)F)C(F)(F)F.[Ag+]. The van der Waals surface area contributed by atoms with Crippen molar-refractivity contribution in [2.75, 3.05) is 26.2 Å². The Morgan fingerprint density at radius 2 is 0.600 bits per heavy atom. The van der Waals surface area contributed by atoms with Crippen molar-refractivity contribution in [3.63, 3.8) is 0 Å². The normalized spacial score (nSPS) is 13.2. The van der Waals surface area contributed by atoms with Gasteiger partial charge in [0.25, 0.3) is 0 Å². The standard InChI is InChI=1S/C8H20N.2C3F7.Ag/c1-5-9(6-2,7-3)8-4;2*4-1(2(5,6)7)3(8,9)10;/h5-8H2,1-4H3;;;/q+1;2*-1;+1. The van der Waals surface area contributed by atoms with E-state index in [1.54, 1.807) is 0 Å². The van der Waals surface area contributed by atoms with E-state index >= 15 is 0 Å². The van der Waals surface area contributed by atoms with Gasteiger partial charge in [0.2, 0.25) is 0 Å². The first-order chi connectivity index (χ1) is 12.6. The molecule has 0 N–H and O–H groups in total. The summed E-state index contributed by atoms with van der Waals surface area (Å²) in [5, 5.41) is 0. The summed E-state index contributed by atoms with van der Waals surface area (Å²) in [6.45, 7) is 14.2. The van der Waals surface area contributed by atoms with Crippen LogP contribution in [0.1, 0.15) is 27.7 Å². The molecular weight excluding hydrogens is 556 g/mol. The van der Waals surface area contributed by atoms with Crippen LogP contribution in [0.5, 0.6) is 0 Å². The van der Waals surface area contributed by atoms with Crippen molar-refractivity contribution in [1.82, 2.24) is 0 Å². The smallest absolute Gasteiger partial charge is 0.438 e. The predicted octanol–water partition coefficient (Wildman–Crippen LogP) is 7.11. The molecule has 16 heteroatoms. The molecule has 0 atom stereocenters. The van der Waals surface area contributed by atoms with E-state index in [-0.39, 0.29) is 22.4 Å². The molecule has 0 heterocycles. The average molecular weight is 576 g/mol. The molecule has 0 aliphatic carbocycles. The van der Waals surface area contributed by atoms with Gasteiger partial charge in [-0.05, 0) is 27.7 Å². The maximum Gasteiger partial charge on any atom is 1.00 e. The summed E-state index contributed by atoms with van der Waals surface area (Å²) in [6, 6.07) is 0. The van der Waals surface area contributed by atoms with Crippen LogP contribution in [0.25, 0.3) is 0 Å². The molecule has 0 bridgehead atoms.